The first-order valence-corrected chi connectivity index (χ1v) is 2.68. The van der Waals surface area contributed by atoms with Crippen molar-refractivity contribution in [1.29, 1.82) is 0 Å². The number of ether oxygens (including phenoxy) is 1. The fourth-order valence-electron chi connectivity index (χ4n) is 0.0962. The van der Waals surface area contributed by atoms with Crippen LogP contribution in [0.1, 0.15) is 15.3 Å². The zero-order chi connectivity index (χ0) is 6.41. The minimum Gasteiger partial charge on any atom is -1.00 e. The van der Waals surface area contributed by atoms with Crippen LogP contribution in [0, 0.1) is 0 Å². The molecule has 0 amide bonds. The van der Waals surface area contributed by atoms with Gasteiger partial charge in [0.1, 0.15) is 6.61 Å². The Labute approximate surface area is 79.7 Å². The maximum Gasteiger partial charge on any atom is 1.00 e. The van der Waals surface area contributed by atoms with E-state index in [4.69, 9.17) is 5.11 Å². The van der Waals surface area contributed by atoms with E-state index in [0.29, 0.717) is 0 Å². The molecule has 0 aromatic rings. The normalized spacial score (nSPS) is 12.0. The van der Waals surface area contributed by atoms with Crippen LogP contribution in [0.3, 0.4) is 0 Å². The molecule has 0 bridgehead atoms. The molecule has 9 heavy (non-hydrogen) atoms. The summed E-state index contributed by atoms with van der Waals surface area (Å²) in [6, 6.07) is 0. The second-order valence-corrected chi connectivity index (χ2v) is 1.80. The summed E-state index contributed by atoms with van der Waals surface area (Å²) in [6.07, 6.45) is 3.47. The Morgan fingerprint density at radius 3 is 1.78 bits per heavy atom. The second kappa shape index (κ2) is 8.50. The van der Waals surface area contributed by atoms with E-state index in [1.807, 2.05) is 6.08 Å². The predicted molar refractivity (Wildman–Crippen MR) is 33.6 cm³/mol. The third kappa shape index (κ3) is 17.7. The molecule has 0 fully saturated rings. The van der Waals surface area contributed by atoms with Gasteiger partial charge in [-0.05, 0) is 19.9 Å². The SMILES string of the molecule is C1=COC1.CC(C)O.[H-].[Na+]. The van der Waals surface area contributed by atoms with E-state index in [0.717, 1.165) is 6.61 Å². The summed E-state index contributed by atoms with van der Waals surface area (Å²) in [5.74, 6) is 0. The Morgan fingerprint density at radius 1 is 1.67 bits per heavy atom. The van der Waals surface area contributed by atoms with Crippen LogP contribution < -0.4 is 29.6 Å². The summed E-state index contributed by atoms with van der Waals surface area (Å²) < 4.78 is 4.54. The first-order valence-electron chi connectivity index (χ1n) is 2.68. The molecule has 0 radical (unpaired) electrons. The van der Waals surface area contributed by atoms with Gasteiger partial charge in [-0.15, -0.1) is 0 Å². The fourth-order valence-corrected chi connectivity index (χ4v) is 0.0962. The van der Waals surface area contributed by atoms with Crippen LogP contribution in [0.25, 0.3) is 0 Å². The molecule has 50 valence electrons. The summed E-state index contributed by atoms with van der Waals surface area (Å²) in [6.45, 7) is 4.26. The molecule has 0 aromatic heterocycles. The fraction of sp³-hybridized carbons (Fsp3) is 0.667. The van der Waals surface area contributed by atoms with Gasteiger partial charge in [-0.1, -0.05) is 0 Å². The predicted octanol–water partition coefficient (Wildman–Crippen LogP) is -1.97. The van der Waals surface area contributed by atoms with Gasteiger partial charge in [-0.2, -0.15) is 0 Å². The molecule has 0 unspecified atom stereocenters. The Kier molecular flexibility index (Phi) is 11.5. The minimum absolute atomic E-state index is 0. The molecule has 1 N–H and O–H groups in total. The van der Waals surface area contributed by atoms with E-state index < -0.39 is 0 Å². The molecule has 0 saturated heterocycles. The molecule has 0 spiro atoms. The van der Waals surface area contributed by atoms with Crippen molar-refractivity contribution in [2.75, 3.05) is 6.61 Å². The van der Waals surface area contributed by atoms with E-state index in [1.165, 1.54) is 0 Å². The minimum atomic E-state index is -0.167. The van der Waals surface area contributed by atoms with E-state index in [9.17, 15) is 0 Å². The van der Waals surface area contributed by atoms with Crippen LogP contribution in [0.5, 0.6) is 0 Å². The van der Waals surface area contributed by atoms with Crippen LogP contribution in [0.2, 0.25) is 0 Å². The maximum atomic E-state index is 8.06. The van der Waals surface area contributed by atoms with Crippen molar-refractivity contribution in [1.82, 2.24) is 0 Å². The van der Waals surface area contributed by atoms with Gasteiger partial charge in [0.15, 0.2) is 0 Å². The van der Waals surface area contributed by atoms with Crippen LogP contribution in [-0.2, 0) is 4.74 Å². The smallest absolute Gasteiger partial charge is 1.00 e. The molecule has 1 aliphatic heterocycles. The summed E-state index contributed by atoms with van der Waals surface area (Å²) in [7, 11) is 0. The molecule has 2 nitrogen and oxygen atoms in total. The third-order valence-electron chi connectivity index (χ3n) is 0.385. The average Bonchev–Trinajstić information content (AvgIpc) is 1.19. The molecule has 1 aliphatic rings. The maximum absolute atomic E-state index is 8.06. The number of hydrogen-bond donors (Lipinski definition) is 1. The van der Waals surface area contributed by atoms with Crippen molar-refractivity contribution in [3.63, 3.8) is 0 Å². The molecule has 0 saturated carbocycles. The zero-order valence-electron chi connectivity index (χ0n) is 7.29. The van der Waals surface area contributed by atoms with E-state index in [-0.39, 0.29) is 37.1 Å². The number of hydrogen-bond acceptors (Lipinski definition) is 2. The molecular formula is C6H13NaO2. The van der Waals surface area contributed by atoms with E-state index in [1.54, 1.807) is 20.1 Å². The summed E-state index contributed by atoms with van der Waals surface area (Å²) in [5.41, 5.74) is 0. The van der Waals surface area contributed by atoms with Crippen molar-refractivity contribution in [3.8, 4) is 0 Å². The van der Waals surface area contributed by atoms with Crippen LogP contribution in [-0.4, -0.2) is 17.8 Å². The summed E-state index contributed by atoms with van der Waals surface area (Å²) in [5, 5.41) is 8.06. The van der Waals surface area contributed by atoms with Gasteiger partial charge in [0, 0.05) is 6.10 Å². The Bertz CT molecular complexity index is 67.4. The second-order valence-electron chi connectivity index (χ2n) is 1.80. The monoisotopic (exact) mass is 140 g/mol. The molecular weight excluding hydrogens is 127 g/mol. The Balaban J connectivity index is -0.0000000817. The van der Waals surface area contributed by atoms with E-state index in [2.05, 4.69) is 4.74 Å². The van der Waals surface area contributed by atoms with Crippen molar-refractivity contribution in [3.05, 3.63) is 12.3 Å². The molecule has 0 atom stereocenters. The average molecular weight is 140 g/mol. The van der Waals surface area contributed by atoms with Crippen molar-refractivity contribution in [2.24, 2.45) is 0 Å². The van der Waals surface area contributed by atoms with Gasteiger partial charge in [-0.3, -0.25) is 0 Å². The van der Waals surface area contributed by atoms with Crippen LogP contribution >= 0.6 is 0 Å². The van der Waals surface area contributed by atoms with Gasteiger partial charge in [-0.25, -0.2) is 0 Å². The summed E-state index contributed by atoms with van der Waals surface area (Å²) >= 11 is 0. The molecule has 1 heterocycles. The number of rotatable bonds is 0. The number of aliphatic hydroxyl groups is 1. The van der Waals surface area contributed by atoms with Crippen molar-refractivity contribution < 1.29 is 40.8 Å². The Morgan fingerprint density at radius 2 is 1.78 bits per heavy atom. The van der Waals surface area contributed by atoms with Crippen LogP contribution in [0.15, 0.2) is 12.3 Å². The molecule has 3 heteroatoms. The third-order valence-corrected chi connectivity index (χ3v) is 0.385. The topological polar surface area (TPSA) is 29.5 Å². The quantitative estimate of drug-likeness (QED) is 0.396. The van der Waals surface area contributed by atoms with Gasteiger partial charge in [0.05, 0.1) is 6.26 Å². The first kappa shape index (κ1) is 12.2. The van der Waals surface area contributed by atoms with Gasteiger partial charge in [0.25, 0.3) is 0 Å². The Hall–Kier alpha value is 0.500. The first-order chi connectivity index (χ1) is 3.73. The van der Waals surface area contributed by atoms with Crippen molar-refractivity contribution in [2.45, 2.75) is 20.0 Å². The van der Waals surface area contributed by atoms with Crippen molar-refractivity contribution >= 4 is 0 Å². The van der Waals surface area contributed by atoms with Gasteiger partial charge < -0.3 is 11.3 Å². The standard InChI is InChI=1S/C3H4O.C3H8O.Na.H/c1-2-4-3-1;1-3(2)4;;/h1-2H,3H2;3-4H,1-2H3;;/q;;+1;-1. The molecule has 0 aliphatic carbocycles. The molecule has 0 aromatic carbocycles. The van der Waals surface area contributed by atoms with Crippen LogP contribution in [0.4, 0.5) is 0 Å². The zero-order valence-corrected chi connectivity index (χ0v) is 8.29. The number of aliphatic hydroxyl groups excluding tert-OH is 1. The van der Waals surface area contributed by atoms with E-state index >= 15 is 0 Å². The van der Waals surface area contributed by atoms with Gasteiger partial charge in [0.2, 0.25) is 0 Å². The largest absolute Gasteiger partial charge is 1.00 e. The van der Waals surface area contributed by atoms with Gasteiger partial charge >= 0.3 is 29.6 Å². The summed E-state index contributed by atoms with van der Waals surface area (Å²) in [4.78, 5) is 0. The molecule has 1 rings (SSSR count).